The Bertz CT molecular complexity index is 681. The van der Waals surface area contributed by atoms with Gasteiger partial charge in [0.15, 0.2) is 5.82 Å². The van der Waals surface area contributed by atoms with Crippen LogP contribution in [0.25, 0.3) is 5.52 Å². The predicted molar refractivity (Wildman–Crippen MR) is 75.1 cm³/mol. The summed E-state index contributed by atoms with van der Waals surface area (Å²) in [5.41, 5.74) is 0.864. The van der Waals surface area contributed by atoms with Crippen LogP contribution in [0.2, 0.25) is 5.28 Å². The molecule has 1 N–H and O–H groups in total. The number of hydrogen-bond donors (Lipinski definition) is 1. The van der Waals surface area contributed by atoms with Crippen molar-refractivity contribution in [1.82, 2.24) is 19.6 Å². The van der Waals surface area contributed by atoms with E-state index in [0.29, 0.717) is 12.4 Å². The second kappa shape index (κ2) is 4.83. The molecule has 0 unspecified atom stereocenters. The third kappa shape index (κ3) is 2.21. The van der Waals surface area contributed by atoms with Gasteiger partial charge in [0.1, 0.15) is 15.1 Å². The fourth-order valence-electron chi connectivity index (χ4n) is 1.57. The van der Waals surface area contributed by atoms with Crippen LogP contribution in [0.1, 0.15) is 5.01 Å². The zero-order valence-corrected chi connectivity index (χ0v) is 12.1. The standard InChI is InChI=1S/C10H7BrClN5S/c11-7-2-1-6-9(15-10(12)16-17(6)7)14-5-8-13-3-4-18-8/h1-4H,5H2,(H,14,15,16). The zero-order valence-electron chi connectivity index (χ0n) is 8.97. The molecule has 0 aliphatic carbocycles. The van der Waals surface area contributed by atoms with E-state index in [2.05, 4.69) is 36.3 Å². The molecule has 0 radical (unpaired) electrons. The summed E-state index contributed by atoms with van der Waals surface area (Å²) in [6.45, 7) is 0.615. The lowest BCUT2D eigenvalue weighted by Crippen LogP contribution is -2.05. The number of hydrogen-bond acceptors (Lipinski definition) is 5. The van der Waals surface area contributed by atoms with Gasteiger partial charge in [-0.25, -0.2) is 9.50 Å². The summed E-state index contributed by atoms with van der Waals surface area (Å²) in [7, 11) is 0. The molecular weight excluding hydrogens is 338 g/mol. The number of anilines is 1. The monoisotopic (exact) mass is 343 g/mol. The molecule has 3 aromatic heterocycles. The summed E-state index contributed by atoms with van der Waals surface area (Å²) in [4.78, 5) is 8.40. The van der Waals surface area contributed by atoms with Gasteiger partial charge in [0.25, 0.3) is 0 Å². The molecular formula is C10H7BrClN5S. The van der Waals surface area contributed by atoms with Gasteiger partial charge in [-0.15, -0.1) is 16.4 Å². The molecule has 0 saturated heterocycles. The average molecular weight is 345 g/mol. The van der Waals surface area contributed by atoms with Gasteiger partial charge >= 0.3 is 0 Å². The highest BCUT2D eigenvalue weighted by Crippen LogP contribution is 2.22. The molecule has 0 aliphatic heterocycles. The summed E-state index contributed by atoms with van der Waals surface area (Å²) in [6, 6.07) is 3.82. The molecule has 0 aromatic carbocycles. The van der Waals surface area contributed by atoms with Gasteiger partial charge in [0.05, 0.1) is 6.54 Å². The molecule has 5 nitrogen and oxygen atoms in total. The predicted octanol–water partition coefficient (Wildman–Crippen LogP) is 3.21. The lowest BCUT2D eigenvalue weighted by Gasteiger charge is -2.06. The fourth-order valence-corrected chi connectivity index (χ4v) is 2.69. The summed E-state index contributed by atoms with van der Waals surface area (Å²) >= 11 is 10.9. The first-order valence-corrected chi connectivity index (χ1v) is 7.12. The largest absolute Gasteiger partial charge is 0.362 e. The van der Waals surface area contributed by atoms with Gasteiger partial charge in [-0.2, -0.15) is 4.98 Å². The van der Waals surface area contributed by atoms with Crippen molar-refractivity contribution >= 4 is 50.2 Å². The van der Waals surface area contributed by atoms with Crippen LogP contribution in [0.3, 0.4) is 0 Å². The minimum Gasteiger partial charge on any atom is -0.362 e. The van der Waals surface area contributed by atoms with Gasteiger partial charge in [-0.3, -0.25) is 0 Å². The van der Waals surface area contributed by atoms with Crippen molar-refractivity contribution in [2.75, 3.05) is 5.32 Å². The van der Waals surface area contributed by atoms with Crippen LogP contribution < -0.4 is 5.32 Å². The molecule has 0 saturated carbocycles. The Morgan fingerprint density at radius 2 is 2.33 bits per heavy atom. The molecule has 3 aromatic rings. The van der Waals surface area contributed by atoms with Gasteiger partial charge in [-0.1, -0.05) is 0 Å². The molecule has 92 valence electrons. The molecule has 0 atom stereocenters. The van der Waals surface area contributed by atoms with Gasteiger partial charge < -0.3 is 5.32 Å². The Hall–Kier alpha value is -1.18. The highest BCUT2D eigenvalue weighted by Gasteiger charge is 2.09. The SMILES string of the molecule is Clc1nc(NCc2nccs2)c2ccc(Br)n2n1. The summed E-state index contributed by atoms with van der Waals surface area (Å²) in [5.74, 6) is 0.691. The van der Waals surface area contributed by atoms with Crippen LogP contribution in [-0.2, 0) is 6.54 Å². The Kier molecular flexibility index (Phi) is 3.19. The van der Waals surface area contributed by atoms with Crippen LogP contribution in [0.5, 0.6) is 0 Å². The first-order valence-electron chi connectivity index (χ1n) is 5.07. The Morgan fingerprint density at radius 3 is 3.11 bits per heavy atom. The Balaban J connectivity index is 1.95. The lowest BCUT2D eigenvalue weighted by molar-refractivity contribution is 0.883. The van der Waals surface area contributed by atoms with Crippen molar-refractivity contribution in [2.45, 2.75) is 6.54 Å². The number of fused-ring (bicyclic) bond motifs is 1. The second-order valence-corrected chi connectivity index (χ2v) is 5.59. The maximum absolute atomic E-state index is 5.90. The molecule has 3 heterocycles. The topological polar surface area (TPSA) is 55.1 Å². The smallest absolute Gasteiger partial charge is 0.243 e. The summed E-state index contributed by atoms with van der Waals surface area (Å²) < 4.78 is 2.53. The van der Waals surface area contributed by atoms with Crippen LogP contribution >= 0.6 is 38.9 Å². The third-order valence-electron chi connectivity index (χ3n) is 2.33. The van der Waals surface area contributed by atoms with E-state index in [9.17, 15) is 0 Å². The van der Waals surface area contributed by atoms with E-state index < -0.39 is 0 Å². The van der Waals surface area contributed by atoms with E-state index in [1.807, 2.05) is 17.5 Å². The van der Waals surface area contributed by atoms with Crippen molar-refractivity contribution < 1.29 is 0 Å². The van der Waals surface area contributed by atoms with E-state index in [4.69, 9.17) is 11.6 Å². The number of halogens is 2. The van der Waals surface area contributed by atoms with E-state index in [0.717, 1.165) is 15.1 Å². The molecule has 0 amide bonds. The quantitative estimate of drug-likeness (QED) is 0.792. The molecule has 0 aliphatic rings. The van der Waals surface area contributed by atoms with E-state index >= 15 is 0 Å². The van der Waals surface area contributed by atoms with Gasteiger partial charge in [-0.05, 0) is 39.7 Å². The number of nitrogens with zero attached hydrogens (tertiary/aromatic N) is 4. The minimum absolute atomic E-state index is 0.195. The average Bonchev–Trinajstić information content (AvgIpc) is 2.97. The number of thiazole rings is 1. The summed E-state index contributed by atoms with van der Waals surface area (Å²) in [5, 5.41) is 10.5. The highest BCUT2D eigenvalue weighted by atomic mass is 79.9. The van der Waals surface area contributed by atoms with Crippen molar-refractivity contribution in [1.29, 1.82) is 0 Å². The normalized spacial score (nSPS) is 11.0. The van der Waals surface area contributed by atoms with E-state index in [1.54, 1.807) is 22.0 Å². The van der Waals surface area contributed by atoms with Crippen LogP contribution in [0, 0.1) is 0 Å². The van der Waals surface area contributed by atoms with Crippen molar-refractivity contribution in [3.8, 4) is 0 Å². The second-order valence-electron chi connectivity index (χ2n) is 3.46. The van der Waals surface area contributed by atoms with Crippen LogP contribution in [0.4, 0.5) is 5.82 Å². The minimum atomic E-state index is 0.195. The summed E-state index contributed by atoms with van der Waals surface area (Å²) in [6.07, 6.45) is 1.78. The van der Waals surface area contributed by atoms with Gasteiger partial charge in [0.2, 0.25) is 5.28 Å². The zero-order chi connectivity index (χ0) is 12.5. The van der Waals surface area contributed by atoms with E-state index in [-0.39, 0.29) is 5.28 Å². The Labute approximate surface area is 120 Å². The first-order chi connectivity index (χ1) is 8.74. The van der Waals surface area contributed by atoms with Gasteiger partial charge in [0, 0.05) is 11.6 Å². The van der Waals surface area contributed by atoms with Crippen molar-refractivity contribution in [3.63, 3.8) is 0 Å². The van der Waals surface area contributed by atoms with Crippen molar-refractivity contribution in [2.24, 2.45) is 0 Å². The van der Waals surface area contributed by atoms with Crippen molar-refractivity contribution in [3.05, 3.63) is 38.6 Å². The van der Waals surface area contributed by atoms with Crippen LogP contribution in [-0.4, -0.2) is 19.6 Å². The molecule has 0 bridgehead atoms. The Morgan fingerprint density at radius 1 is 1.44 bits per heavy atom. The maximum atomic E-state index is 5.90. The fraction of sp³-hybridized carbons (Fsp3) is 0.100. The number of nitrogens with one attached hydrogen (secondary N) is 1. The third-order valence-corrected chi connectivity index (χ3v) is 3.87. The van der Waals surface area contributed by atoms with Crippen LogP contribution in [0.15, 0.2) is 28.3 Å². The molecule has 3 rings (SSSR count). The van der Waals surface area contributed by atoms with E-state index in [1.165, 1.54) is 0 Å². The highest BCUT2D eigenvalue weighted by molar-refractivity contribution is 9.10. The first kappa shape index (κ1) is 11.9. The molecule has 18 heavy (non-hydrogen) atoms. The molecule has 0 fully saturated rings. The number of aromatic nitrogens is 4. The lowest BCUT2D eigenvalue weighted by atomic mass is 10.5. The number of rotatable bonds is 3. The molecule has 8 heteroatoms. The molecule has 0 spiro atoms. The maximum Gasteiger partial charge on any atom is 0.243 e.